The van der Waals surface area contributed by atoms with E-state index in [1.807, 2.05) is 19.9 Å². The standard InChI is InChI=1S/C18H20N2O5S/c1-4-12-6-9-15(23-3)17(10-12)26(21,22)20-18-14-8-7-13(24-5-2)11-16(14)25-19-18/h6-11H,4-5H2,1-3H3,(H,19,20). The minimum Gasteiger partial charge on any atom is -0.495 e. The van der Waals surface area contributed by atoms with Crippen molar-refractivity contribution in [1.82, 2.24) is 5.16 Å². The van der Waals surface area contributed by atoms with Gasteiger partial charge in [0.05, 0.1) is 19.1 Å². The monoisotopic (exact) mass is 376 g/mol. The number of aromatic nitrogens is 1. The lowest BCUT2D eigenvalue weighted by Gasteiger charge is -2.11. The van der Waals surface area contributed by atoms with E-state index in [1.165, 1.54) is 7.11 Å². The maximum absolute atomic E-state index is 12.9. The van der Waals surface area contributed by atoms with Crippen LogP contribution in [0.1, 0.15) is 19.4 Å². The first-order valence-electron chi connectivity index (χ1n) is 8.20. The van der Waals surface area contributed by atoms with Crippen LogP contribution in [0.15, 0.2) is 45.8 Å². The summed E-state index contributed by atoms with van der Waals surface area (Å²) in [5, 5.41) is 4.39. The summed E-state index contributed by atoms with van der Waals surface area (Å²) in [4.78, 5) is 0.0569. The van der Waals surface area contributed by atoms with Crippen molar-refractivity contribution in [2.45, 2.75) is 25.2 Å². The number of methoxy groups -OCH3 is 1. The predicted molar refractivity (Wildman–Crippen MR) is 98.4 cm³/mol. The van der Waals surface area contributed by atoms with Crippen molar-refractivity contribution < 1.29 is 22.4 Å². The lowest BCUT2D eigenvalue weighted by Crippen LogP contribution is -2.15. The number of nitrogens with zero attached hydrogens (tertiary/aromatic N) is 1. The van der Waals surface area contributed by atoms with E-state index in [-0.39, 0.29) is 16.5 Å². The molecule has 0 aliphatic heterocycles. The molecule has 0 spiro atoms. The lowest BCUT2D eigenvalue weighted by atomic mass is 10.2. The fourth-order valence-electron chi connectivity index (χ4n) is 2.58. The summed E-state index contributed by atoms with van der Waals surface area (Å²) in [7, 11) is -2.47. The Bertz CT molecular complexity index is 1030. The SMILES string of the molecule is CCOc1ccc2c(NS(=O)(=O)c3cc(CC)ccc3OC)noc2c1. The predicted octanol–water partition coefficient (Wildman–Crippen LogP) is 3.60. The average Bonchev–Trinajstić information content (AvgIpc) is 3.03. The number of fused-ring (bicyclic) bond motifs is 1. The normalized spacial score (nSPS) is 11.5. The van der Waals surface area contributed by atoms with Crippen molar-refractivity contribution in [3.63, 3.8) is 0 Å². The van der Waals surface area contributed by atoms with Crippen LogP contribution in [-0.2, 0) is 16.4 Å². The second-order valence-corrected chi connectivity index (χ2v) is 7.22. The molecule has 0 amide bonds. The number of nitrogens with one attached hydrogen (secondary N) is 1. The first kappa shape index (κ1) is 18.1. The highest BCUT2D eigenvalue weighted by Crippen LogP contribution is 2.31. The molecule has 8 heteroatoms. The maximum Gasteiger partial charge on any atom is 0.266 e. The minimum absolute atomic E-state index is 0.0569. The number of anilines is 1. The molecule has 1 aromatic heterocycles. The van der Waals surface area contributed by atoms with E-state index in [1.54, 1.807) is 30.3 Å². The molecule has 0 saturated carbocycles. The molecule has 0 bridgehead atoms. The van der Waals surface area contributed by atoms with E-state index in [4.69, 9.17) is 14.0 Å². The van der Waals surface area contributed by atoms with Crippen molar-refractivity contribution >= 4 is 26.8 Å². The minimum atomic E-state index is -3.90. The number of hydrogen-bond acceptors (Lipinski definition) is 6. The molecule has 26 heavy (non-hydrogen) atoms. The second kappa shape index (κ2) is 7.25. The summed E-state index contributed by atoms with van der Waals surface area (Å²) >= 11 is 0. The van der Waals surface area contributed by atoms with Gasteiger partial charge in [0, 0.05) is 6.07 Å². The Labute approximate surface area is 151 Å². The van der Waals surface area contributed by atoms with Gasteiger partial charge in [-0.1, -0.05) is 18.1 Å². The van der Waals surface area contributed by atoms with Gasteiger partial charge in [0.15, 0.2) is 11.4 Å². The molecule has 1 heterocycles. The molecular formula is C18H20N2O5S. The quantitative estimate of drug-likeness (QED) is 0.677. The van der Waals surface area contributed by atoms with E-state index in [0.29, 0.717) is 29.7 Å². The third-order valence-electron chi connectivity index (χ3n) is 3.91. The molecule has 0 saturated heterocycles. The van der Waals surface area contributed by atoms with Crippen LogP contribution in [0.4, 0.5) is 5.82 Å². The van der Waals surface area contributed by atoms with Crippen molar-refractivity contribution in [1.29, 1.82) is 0 Å². The summed E-state index contributed by atoms with van der Waals surface area (Å²) in [5.41, 5.74) is 1.32. The molecule has 7 nitrogen and oxygen atoms in total. The zero-order chi connectivity index (χ0) is 18.7. The average molecular weight is 376 g/mol. The van der Waals surface area contributed by atoms with Crippen molar-refractivity contribution in [2.24, 2.45) is 0 Å². The van der Waals surface area contributed by atoms with Crippen LogP contribution in [0.25, 0.3) is 11.0 Å². The largest absolute Gasteiger partial charge is 0.495 e. The Morgan fingerprint density at radius 2 is 1.96 bits per heavy atom. The number of rotatable bonds is 7. The van der Waals surface area contributed by atoms with Crippen molar-refractivity contribution in [2.75, 3.05) is 18.4 Å². The van der Waals surface area contributed by atoms with Gasteiger partial charge in [0.25, 0.3) is 10.0 Å². The van der Waals surface area contributed by atoms with Crippen LogP contribution < -0.4 is 14.2 Å². The van der Waals surface area contributed by atoms with Crippen molar-refractivity contribution in [3.05, 3.63) is 42.0 Å². The molecule has 0 unspecified atom stereocenters. The zero-order valence-corrected chi connectivity index (χ0v) is 15.6. The number of aryl methyl sites for hydroxylation is 1. The summed E-state index contributed by atoms with van der Waals surface area (Å²) in [6.45, 7) is 4.35. The van der Waals surface area contributed by atoms with Crippen LogP contribution in [0.3, 0.4) is 0 Å². The van der Waals surface area contributed by atoms with E-state index < -0.39 is 10.0 Å². The fourth-order valence-corrected chi connectivity index (χ4v) is 3.82. The number of hydrogen-bond donors (Lipinski definition) is 1. The first-order chi connectivity index (χ1) is 12.5. The number of benzene rings is 2. The van der Waals surface area contributed by atoms with E-state index in [2.05, 4.69) is 9.88 Å². The summed E-state index contributed by atoms with van der Waals surface area (Å²) in [6, 6.07) is 10.2. The molecular weight excluding hydrogens is 356 g/mol. The molecule has 2 aromatic carbocycles. The van der Waals surface area contributed by atoms with Crippen molar-refractivity contribution in [3.8, 4) is 11.5 Å². The van der Waals surface area contributed by atoms with E-state index in [9.17, 15) is 8.42 Å². The maximum atomic E-state index is 12.9. The molecule has 0 fully saturated rings. The molecule has 0 atom stereocenters. The second-order valence-electron chi connectivity index (χ2n) is 5.57. The highest BCUT2D eigenvalue weighted by molar-refractivity contribution is 7.92. The lowest BCUT2D eigenvalue weighted by molar-refractivity contribution is 0.339. The van der Waals surface area contributed by atoms with Gasteiger partial charge in [-0.25, -0.2) is 8.42 Å². The Balaban J connectivity index is 1.99. The number of ether oxygens (including phenoxy) is 2. The molecule has 0 aliphatic carbocycles. The van der Waals surface area contributed by atoms with Gasteiger partial charge in [-0.2, -0.15) is 0 Å². The molecule has 138 valence electrons. The van der Waals surface area contributed by atoms with Gasteiger partial charge in [-0.05, 0) is 43.2 Å². The third-order valence-corrected chi connectivity index (χ3v) is 5.27. The zero-order valence-electron chi connectivity index (χ0n) is 14.8. The van der Waals surface area contributed by atoms with E-state index >= 15 is 0 Å². The molecule has 0 radical (unpaired) electrons. The molecule has 3 aromatic rings. The Kier molecular flexibility index (Phi) is 5.03. The fraction of sp³-hybridized carbons (Fsp3) is 0.278. The Hall–Kier alpha value is -2.74. The van der Waals surface area contributed by atoms with Crippen LogP contribution in [0, 0.1) is 0 Å². The van der Waals surface area contributed by atoms with Gasteiger partial charge < -0.3 is 14.0 Å². The van der Waals surface area contributed by atoms with Crippen LogP contribution in [0.2, 0.25) is 0 Å². The van der Waals surface area contributed by atoms with Crippen LogP contribution in [-0.4, -0.2) is 27.3 Å². The Morgan fingerprint density at radius 1 is 1.15 bits per heavy atom. The smallest absolute Gasteiger partial charge is 0.266 e. The van der Waals surface area contributed by atoms with E-state index in [0.717, 1.165) is 5.56 Å². The van der Waals surface area contributed by atoms with Gasteiger partial charge >= 0.3 is 0 Å². The van der Waals surface area contributed by atoms with Crippen LogP contribution >= 0.6 is 0 Å². The first-order valence-corrected chi connectivity index (χ1v) is 9.68. The highest BCUT2D eigenvalue weighted by Gasteiger charge is 2.23. The molecule has 3 rings (SSSR count). The van der Waals surface area contributed by atoms with Crippen LogP contribution in [0.5, 0.6) is 11.5 Å². The highest BCUT2D eigenvalue weighted by atomic mass is 32.2. The topological polar surface area (TPSA) is 90.7 Å². The summed E-state index contributed by atoms with van der Waals surface area (Å²) in [5.74, 6) is 1.01. The number of sulfonamides is 1. The van der Waals surface area contributed by atoms with Gasteiger partial charge in [-0.15, -0.1) is 0 Å². The van der Waals surface area contributed by atoms with Gasteiger partial charge in [0.1, 0.15) is 16.4 Å². The van der Waals surface area contributed by atoms with Gasteiger partial charge in [0.2, 0.25) is 0 Å². The molecule has 1 N–H and O–H groups in total. The Morgan fingerprint density at radius 3 is 2.65 bits per heavy atom. The third kappa shape index (κ3) is 3.45. The van der Waals surface area contributed by atoms with Gasteiger partial charge in [-0.3, -0.25) is 4.72 Å². The molecule has 0 aliphatic rings. The summed E-state index contributed by atoms with van der Waals surface area (Å²) < 4.78 is 44.0. The summed E-state index contributed by atoms with van der Waals surface area (Å²) in [6.07, 6.45) is 0.708.